The minimum atomic E-state index is -0.229. The van der Waals surface area contributed by atoms with Crippen molar-refractivity contribution in [2.45, 2.75) is 31.6 Å². The van der Waals surface area contributed by atoms with Gasteiger partial charge in [-0.3, -0.25) is 9.69 Å². The summed E-state index contributed by atoms with van der Waals surface area (Å²) in [6.45, 7) is 5.57. The number of rotatable bonds is 9. The fraction of sp³-hybridized carbons (Fsp3) is 0.391. The van der Waals surface area contributed by atoms with Crippen LogP contribution in [0.1, 0.15) is 24.0 Å². The lowest BCUT2D eigenvalue weighted by atomic mass is 10.1. The SMILES string of the molecule is Cc1ccc2sc(N(CCN(C)C)C(=O)CCCSc3ccc(F)cc3)nc2c1C.Cl. The Bertz CT molecular complexity index is 1010. The van der Waals surface area contributed by atoms with Crippen LogP contribution < -0.4 is 4.90 Å². The van der Waals surface area contributed by atoms with E-state index in [4.69, 9.17) is 4.98 Å². The van der Waals surface area contributed by atoms with Crippen LogP contribution in [0, 0.1) is 19.7 Å². The quantitative estimate of drug-likeness (QED) is 0.280. The van der Waals surface area contributed by atoms with Crippen LogP contribution in [0.15, 0.2) is 41.3 Å². The number of amides is 1. The first-order valence-electron chi connectivity index (χ1n) is 10.1. The molecule has 3 rings (SSSR count). The van der Waals surface area contributed by atoms with Gasteiger partial charge in [-0.15, -0.1) is 24.2 Å². The largest absolute Gasteiger partial charge is 0.308 e. The zero-order valence-corrected chi connectivity index (χ0v) is 20.8. The number of halogens is 2. The van der Waals surface area contributed by atoms with Crippen LogP contribution in [0.3, 0.4) is 0 Å². The second-order valence-corrected chi connectivity index (χ2v) is 9.78. The van der Waals surface area contributed by atoms with E-state index in [1.54, 1.807) is 35.2 Å². The number of aryl methyl sites for hydroxylation is 2. The molecular weight excluding hydrogens is 453 g/mol. The summed E-state index contributed by atoms with van der Waals surface area (Å²) in [7, 11) is 4.02. The van der Waals surface area contributed by atoms with Crippen LogP contribution in [-0.2, 0) is 4.79 Å². The van der Waals surface area contributed by atoms with E-state index in [-0.39, 0.29) is 24.1 Å². The van der Waals surface area contributed by atoms with Crippen LogP contribution in [0.2, 0.25) is 0 Å². The van der Waals surface area contributed by atoms with Crippen molar-refractivity contribution in [2.75, 3.05) is 37.8 Å². The number of carbonyl (C=O) groups excluding carboxylic acids is 1. The van der Waals surface area contributed by atoms with E-state index >= 15 is 0 Å². The second-order valence-electron chi connectivity index (χ2n) is 7.61. The molecule has 0 atom stereocenters. The van der Waals surface area contributed by atoms with Gasteiger partial charge in [0, 0.05) is 24.4 Å². The van der Waals surface area contributed by atoms with Gasteiger partial charge in [-0.2, -0.15) is 0 Å². The number of hydrogen-bond acceptors (Lipinski definition) is 5. The predicted molar refractivity (Wildman–Crippen MR) is 134 cm³/mol. The number of hydrogen-bond donors (Lipinski definition) is 0. The van der Waals surface area contributed by atoms with Gasteiger partial charge in [-0.25, -0.2) is 9.37 Å². The molecule has 3 aromatic rings. The summed E-state index contributed by atoms with van der Waals surface area (Å²) in [6, 6.07) is 10.7. The third-order valence-corrected chi connectivity index (χ3v) is 7.14. The van der Waals surface area contributed by atoms with Crippen molar-refractivity contribution in [1.82, 2.24) is 9.88 Å². The van der Waals surface area contributed by atoms with Gasteiger partial charge in [0.15, 0.2) is 5.13 Å². The van der Waals surface area contributed by atoms with Gasteiger partial charge in [0.1, 0.15) is 5.82 Å². The van der Waals surface area contributed by atoms with Gasteiger partial charge in [0.05, 0.1) is 10.2 Å². The number of carbonyl (C=O) groups is 1. The first kappa shape index (κ1) is 25.6. The average molecular weight is 482 g/mol. The molecule has 0 radical (unpaired) electrons. The Labute approximate surface area is 198 Å². The van der Waals surface area contributed by atoms with Crippen molar-refractivity contribution < 1.29 is 9.18 Å². The normalized spacial score (nSPS) is 11.0. The summed E-state index contributed by atoms with van der Waals surface area (Å²) in [5, 5.41) is 0.775. The summed E-state index contributed by atoms with van der Waals surface area (Å²) >= 11 is 3.23. The van der Waals surface area contributed by atoms with Crippen molar-refractivity contribution in [1.29, 1.82) is 0 Å². The minimum absolute atomic E-state index is 0. The molecule has 0 spiro atoms. The lowest BCUT2D eigenvalue weighted by molar-refractivity contribution is -0.118. The number of thioether (sulfide) groups is 1. The van der Waals surface area contributed by atoms with Crippen LogP contribution in [-0.4, -0.2) is 48.7 Å². The first-order valence-corrected chi connectivity index (χ1v) is 11.9. The highest BCUT2D eigenvalue weighted by Crippen LogP contribution is 2.32. The number of likely N-dealkylation sites (N-methyl/N-ethyl adjacent to an activating group) is 1. The summed E-state index contributed by atoms with van der Waals surface area (Å²) < 4.78 is 14.1. The fourth-order valence-electron chi connectivity index (χ4n) is 3.04. The monoisotopic (exact) mass is 481 g/mol. The summed E-state index contributed by atoms with van der Waals surface area (Å²) in [5.41, 5.74) is 3.37. The molecule has 0 aliphatic rings. The maximum Gasteiger partial charge on any atom is 0.228 e. The topological polar surface area (TPSA) is 36.4 Å². The van der Waals surface area contributed by atoms with Gasteiger partial charge in [0.25, 0.3) is 0 Å². The molecule has 0 bridgehead atoms. The van der Waals surface area contributed by atoms with E-state index in [1.807, 2.05) is 19.0 Å². The molecule has 0 aliphatic carbocycles. The van der Waals surface area contributed by atoms with Gasteiger partial charge < -0.3 is 4.90 Å². The van der Waals surface area contributed by atoms with Crippen molar-refractivity contribution in [3.63, 3.8) is 0 Å². The highest BCUT2D eigenvalue weighted by Gasteiger charge is 2.20. The fourth-order valence-corrected chi connectivity index (χ4v) is 4.96. The maximum absolute atomic E-state index is 13.1. The van der Waals surface area contributed by atoms with Gasteiger partial charge in [0.2, 0.25) is 5.91 Å². The van der Waals surface area contributed by atoms with Gasteiger partial charge >= 0.3 is 0 Å². The Kier molecular flexibility index (Phi) is 9.75. The lowest BCUT2D eigenvalue weighted by Gasteiger charge is -2.22. The Morgan fingerprint density at radius 2 is 1.81 bits per heavy atom. The Balaban J connectivity index is 0.00000341. The van der Waals surface area contributed by atoms with Gasteiger partial charge in [-0.1, -0.05) is 17.4 Å². The minimum Gasteiger partial charge on any atom is -0.308 e. The molecular formula is C23H29ClFN3OS2. The number of fused-ring (bicyclic) bond motifs is 1. The van der Waals surface area contributed by atoms with E-state index in [0.717, 1.165) is 39.0 Å². The summed E-state index contributed by atoms with van der Waals surface area (Å²) in [4.78, 5) is 22.8. The molecule has 0 saturated heterocycles. The van der Waals surface area contributed by atoms with Gasteiger partial charge in [-0.05, 0) is 81.6 Å². The number of aromatic nitrogens is 1. The summed E-state index contributed by atoms with van der Waals surface area (Å²) in [5.74, 6) is 0.689. The van der Waals surface area contributed by atoms with E-state index in [1.165, 1.54) is 23.3 Å². The molecule has 0 N–H and O–H groups in total. The molecule has 168 valence electrons. The molecule has 0 fully saturated rings. The van der Waals surface area contributed by atoms with Crippen molar-refractivity contribution in [3.05, 3.63) is 53.3 Å². The second kappa shape index (κ2) is 11.8. The Hall–Kier alpha value is -1.67. The van der Waals surface area contributed by atoms with Crippen LogP contribution in [0.5, 0.6) is 0 Å². The smallest absolute Gasteiger partial charge is 0.228 e. The van der Waals surface area contributed by atoms with E-state index in [9.17, 15) is 9.18 Å². The van der Waals surface area contributed by atoms with E-state index < -0.39 is 0 Å². The third-order valence-electron chi connectivity index (χ3n) is 4.99. The van der Waals surface area contributed by atoms with Crippen molar-refractivity contribution >= 4 is 56.8 Å². The molecule has 1 aromatic heterocycles. The zero-order valence-electron chi connectivity index (χ0n) is 18.4. The number of anilines is 1. The molecule has 31 heavy (non-hydrogen) atoms. The number of thiazole rings is 1. The predicted octanol–water partition coefficient (Wildman–Crippen LogP) is 5.94. The Morgan fingerprint density at radius 1 is 1.10 bits per heavy atom. The molecule has 8 heteroatoms. The zero-order chi connectivity index (χ0) is 21.7. The highest BCUT2D eigenvalue weighted by molar-refractivity contribution is 7.99. The molecule has 1 amide bonds. The van der Waals surface area contributed by atoms with Crippen molar-refractivity contribution in [2.24, 2.45) is 0 Å². The first-order chi connectivity index (χ1) is 14.3. The van der Waals surface area contributed by atoms with E-state index in [0.29, 0.717) is 13.0 Å². The molecule has 0 unspecified atom stereocenters. The highest BCUT2D eigenvalue weighted by atomic mass is 35.5. The molecule has 1 heterocycles. The van der Waals surface area contributed by atoms with E-state index in [2.05, 4.69) is 30.9 Å². The summed E-state index contributed by atoms with van der Waals surface area (Å²) in [6.07, 6.45) is 1.23. The van der Waals surface area contributed by atoms with Crippen LogP contribution >= 0.6 is 35.5 Å². The molecule has 4 nitrogen and oxygen atoms in total. The molecule has 0 saturated carbocycles. The third kappa shape index (κ3) is 6.91. The van der Waals surface area contributed by atoms with Crippen molar-refractivity contribution in [3.8, 4) is 0 Å². The maximum atomic E-state index is 13.1. The molecule has 2 aromatic carbocycles. The van der Waals surface area contributed by atoms with Crippen LogP contribution in [0.25, 0.3) is 10.2 Å². The Morgan fingerprint density at radius 3 is 2.48 bits per heavy atom. The molecule has 0 aliphatic heterocycles. The average Bonchev–Trinajstić information content (AvgIpc) is 3.14. The number of benzene rings is 2. The standard InChI is InChI=1S/C23H28FN3OS2.ClH/c1-16-7-12-20-22(17(16)2)25-23(30-20)27(14-13-26(3)4)21(28)6-5-15-29-19-10-8-18(24)9-11-19;/h7-12H,5-6,13-15H2,1-4H3;1H. The van der Waals surface area contributed by atoms with Crippen LogP contribution in [0.4, 0.5) is 9.52 Å². The lowest BCUT2D eigenvalue weighted by Crippen LogP contribution is -2.36. The number of nitrogens with zero attached hydrogens (tertiary/aromatic N) is 3.